The maximum atomic E-state index is 13.4. The standard InChI is InChI=1S/C30H31N7O5/c1-41-28(40)30-8-5-29(6-9-30,7-10-30)18-33-27(39)22-15-20(35-24-4-11-34-37(22)24)26(38)32-16-19-2-3-23-21(14-19)36-13-12-31-25(36)17-42-23/h2-4,11-15H,5-10,16-18H2,1H3,(H,32,38)(H,33,39). The molecule has 0 spiro atoms. The second-order valence-corrected chi connectivity index (χ2v) is 11.6. The molecule has 0 saturated heterocycles. The smallest absolute Gasteiger partial charge is 0.311 e. The molecule has 2 N–H and O–H groups in total. The quantitative estimate of drug-likeness (QED) is 0.324. The number of benzene rings is 1. The van der Waals surface area contributed by atoms with Crippen LogP contribution in [0.3, 0.4) is 0 Å². The summed E-state index contributed by atoms with van der Waals surface area (Å²) >= 11 is 0. The van der Waals surface area contributed by atoms with Gasteiger partial charge in [0, 0.05) is 37.6 Å². The molecule has 8 rings (SSSR count). The minimum atomic E-state index is -0.401. The van der Waals surface area contributed by atoms with Crippen LogP contribution in [0.25, 0.3) is 11.3 Å². The lowest BCUT2D eigenvalue weighted by molar-refractivity contribution is -0.162. The maximum absolute atomic E-state index is 13.4. The normalized spacial score (nSPS) is 22.1. The molecule has 12 nitrogen and oxygen atoms in total. The van der Waals surface area contributed by atoms with E-state index in [1.807, 2.05) is 29.0 Å². The van der Waals surface area contributed by atoms with E-state index in [1.54, 1.807) is 18.5 Å². The van der Waals surface area contributed by atoms with Crippen molar-refractivity contribution in [3.8, 4) is 11.4 Å². The van der Waals surface area contributed by atoms with Crippen molar-refractivity contribution >= 4 is 23.4 Å². The molecule has 12 heteroatoms. The Morgan fingerprint density at radius 2 is 1.81 bits per heavy atom. The van der Waals surface area contributed by atoms with Crippen LogP contribution >= 0.6 is 0 Å². The Bertz CT molecular complexity index is 1700. The molecular formula is C30H31N7O5. The monoisotopic (exact) mass is 569 g/mol. The van der Waals surface area contributed by atoms with Crippen LogP contribution in [0.15, 0.2) is 48.9 Å². The zero-order chi connectivity index (χ0) is 28.9. The molecular weight excluding hydrogens is 538 g/mol. The van der Waals surface area contributed by atoms with Crippen molar-refractivity contribution < 1.29 is 23.9 Å². The second-order valence-electron chi connectivity index (χ2n) is 11.6. The number of esters is 1. The number of carbonyl (C=O) groups excluding carboxylic acids is 3. The van der Waals surface area contributed by atoms with Crippen LogP contribution in [0.5, 0.6) is 5.75 Å². The van der Waals surface area contributed by atoms with Gasteiger partial charge in [0.15, 0.2) is 11.5 Å². The molecule has 3 aliphatic carbocycles. The van der Waals surface area contributed by atoms with Gasteiger partial charge >= 0.3 is 5.97 Å². The maximum Gasteiger partial charge on any atom is 0.311 e. The third-order valence-corrected chi connectivity index (χ3v) is 9.28. The summed E-state index contributed by atoms with van der Waals surface area (Å²) in [7, 11) is 1.45. The van der Waals surface area contributed by atoms with Crippen LogP contribution in [0, 0.1) is 10.8 Å². The molecule has 4 heterocycles. The van der Waals surface area contributed by atoms with Gasteiger partial charge in [-0.1, -0.05) is 6.07 Å². The first kappa shape index (κ1) is 26.2. The molecule has 3 aromatic heterocycles. The number of methoxy groups -OCH3 is 1. The molecule has 2 bridgehead atoms. The number of aromatic nitrogens is 5. The first-order valence-corrected chi connectivity index (χ1v) is 14.2. The van der Waals surface area contributed by atoms with Gasteiger partial charge in [-0.2, -0.15) is 5.10 Å². The molecule has 0 atom stereocenters. The number of nitrogens with zero attached hydrogens (tertiary/aromatic N) is 5. The topological polar surface area (TPSA) is 142 Å². The van der Waals surface area contributed by atoms with Crippen molar-refractivity contribution in [2.75, 3.05) is 13.7 Å². The highest BCUT2D eigenvalue weighted by Gasteiger charge is 2.53. The number of amides is 2. The van der Waals surface area contributed by atoms with Crippen LogP contribution in [-0.4, -0.2) is 55.6 Å². The Morgan fingerprint density at radius 3 is 2.60 bits per heavy atom. The number of hydrogen-bond acceptors (Lipinski definition) is 8. The van der Waals surface area contributed by atoms with Crippen molar-refractivity contribution in [3.05, 3.63) is 71.7 Å². The highest BCUT2D eigenvalue weighted by molar-refractivity contribution is 5.98. The van der Waals surface area contributed by atoms with Gasteiger partial charge in [0.2, 0.25) is 0 Å². The van der Waals surface area contributed by atoms with Gasteiger partial charge in [-0.05, 0) is 61.6 Å². The third-order valence-electron chi connectivity index (χ3n) is 9.28. The minimum Gasteiger partial charge on any atom is -0.483 e. The van der Waals surface area contributed by atoms with Crippen molar-refractivity contribution in [2.24, 2.45) is 10.8 Å². The molecule has 3 fully saturated rings. The van der Waals surface area contributed by atoms with Gasteiger partial charge in [0.25, 0.3) is 11.8 Å². The van der Waals surface area contributed by atoms with E-state index in [4.69, 9.17) is 9.47 Å². The summed E-state index contributed by atoms with van der Waals surface area (Å²) < 4.78 is 14.3. The van der Waals surface area contributed by atoms with E-state index in [2.05, 4.69) is 25.7 Å². The molecule has 42 heavy (non-hydrogen) atoms. The van der Waals surface area contributed by atoms with Crippen molar-refractivity contribution in [3.63, 3.8) is 0 Å². The van der Waals surface area contributed by atoms with Gasteiger partial charge in [0.05, 0.1) is 24.4 Å². The number of ether oxygens (including phenoxy) is 2. The number of nitrogens with one attached hydrogen (secondary N) is 2. The van der Waals surface area contributed by atoms with Gasteiger partial charge in [0.1, 0.15) is 23.7 Å². The minimum absolute atomic E-state index is 0.0424. The van der Waals surface area contributed by atoms with Gasteiger partial charge in [-0.25, -0.2) is 14.5 Å². The van der Waals surface area contributed by atoms with E-state index < -0.39 is 5.91 Å². The number of hydrogen-bond donors (Lipinski definition) is 2. The third kappa shape index (κ3) is 4.38. The highest BCUT2D eigenvalue weighted by atomic mass is 16.5. The van der Waals surface area contributed by atoms with Crippen molar-refractivity contribution in [1.29, 1.82) is 0 Å². The summed E-state index contributed by atoms with van der Waals surface area (Å²) in [6, 6.07) is 8.88. The first-order valence-electron chi connectivity index (χ1n) is 14.2. The van der Waals surface area contributed by atoms with Crippen LogP contribution in [0.2, 0.25) is 0 Å². The lowest BCUT2D eigenvalue weighted by atomic mass is 9.53. The van der Waals surface area contributed by atoms with E-state index >= 15 is 0 Å². The second kappa shape index (κ2) is 9.97. The fraction of sp³-hybridized carbons (Fsp3) is 0.400. The number of imidazole rings is 1. The van der Waals surface area contributed by atoms with Crippen LogP contribution in [-0.2, 0) is 22.7 Å². The Balaban J connectivity index is 1.04. The molecule has 4 aromatic rings. The van der Waals surface area contributed by atoms with Gasteiger partial charge in [-0.15, -0.1) is 0 Å². The molecule has 216 valence electrons. The van der Waals surface area contributed by atoms with E-state index in [0.29, 0.717) is 18.8 Å². The number of carbonyl (C=O) groups is 3. The number of rotatable bonds is 7. The fourth-order valence-electron chi connectivity index (χ4n) is 6.66. The molecule has 3 saturated carbocycles. The van der Waals surface area contributed by atoms with Gasteiger partial charge in [-0.3, -0.25) is 19.0 Å². The predicted molar refractivity (Wildman–Crippen MR) is 149 cm³/mol. The van der Waals surface area contributed by atoms with Crippen molar-refractivity contribution in [2.45, 2.75) is 51.7 Å². The largest absolute Gasteiger partial charge is 0.483 e. The average molecular weight is 570 g/mol. The predicted octanol–water partition coefficient (Wildman–Crippen LogP) is 2.98. The molecule has 2 amide bonds. The molecule has 0 radical (unpaired) electrons. The summed E-state index contributed by atoms with van der Waals surface area (Å²) in [4.78, 5) is 47.7. The SMILES string of the molecule is COC(=O)C12CCC(CNC(=O)c3cc(C(=O)NCc4ccc5c(c4)-n4ccnc4CO5)nc4ccnn34)(CC1)CC2. The first-order chi connectivity index (χ1) is 20.4. The van der Waals surface area contributed by atoms with Crippen LogP contribution < -0.4 is 15.4 Å². The molecule has 1 aliphatic heterocycles. The van der Waals surface area contributed by atoms with Crippen LogP contribution in [0.4, 0.5) is 0 Å². The highest BCUT2D eigenvalue weighted by Crippen LogP contribution is 2.57. The Labute approximate surface area is 241 Å². The average Bonchev–Trinajstić information content (AvgIpc) is 3.72. The lowest BCUT2D eigenvalue weighted by Crippen LogP contribution is -2.50. The summed E-state index contributed by atoms with van der Waals surface area (Å²) in [5, 5.41) is 10.3. The Morgan fingerprint density at radius 1 is 1.00 bits per heavy atom. The molecule has 4 aliphatic rings. The summed E-state index contributed by atoms with van der Waals surface area (Å²) in [5.74, 6) is 0.728. The van der Waals surface area contributed by atoms with E-state index in [0.717, 1.165) is 61.3 Å². The summed E-state index contributed by atoms with van der Waals surface area (Å²) in [6.07, 6.45) is 10.1. The summed E-state index contributed by atoms with van der Waals surface area (Å²) in [5.41, 5.74) is 2.10. The molecule has 1 aromatic carbocycles. The summed E-state index contributed by atoms with van der Waals surface area (Å²) in [6.45, 7) is 1.17. The van der Waals surface area contributed by atoms with E-state index in [9.17, 15) is 14.4 Å². The van der Waals surface area contributed by atoms with E-state index in [-0.39, 0.29) is 40.6 Å². The molecule has 0 unspecified atom stereocenters. The fourth-order valence-corrected chi connectivity index (χ4v) is 6.66. The Hall–Kier alpha value is -4.74. The van der Waals surface area contributed by atoms with Crippen molar-refractivity contribution in [1.82, 2.24) is 34.8 Å². The number of fused-ring (bicyclic) bond motifs is 7. The lowest BCUT2D eigenvalue weighted by Gasteiger charge is -2.51. The zero-order valence-corrected chi connectivity index (χ0v) is 23.3. The van der Waals surface area contributed by atoms with E-state index in [1.165, 1.54) is 17.7 Å². The van der Waals surface area contributed by atoms with Gasteiger partial charge < -0.3 is 20.1 Å². The Kier molecular flexibility index (Phi) is 6.21. The zero-order valence-electron chi connectivity index (χ0n) is 23.3. The van der Waals surface area contributed by atoms with Crippen LogP contribution in [0.1, 0.15) is 70.9 Å².